The number of urea groups is 1. The van der Waals surface area contributed by atoms with E-state index in [2.05, 4.69) is 26.6 Å². The highest BCUT2D eigenvalue weighted by atomic mass is 79.9. The van der Waals surface area contributed by atoms with Gasteiger partial charge in [-0.15, -0.1) is 0 Å². The van der Waals surface area contributed by atoms with Gasteiger partial charge in [-0.05, 0) is 53.5 Å². The average molecular weight is 319 g/mol. The maximum absolute atomic E-state index is 11.9. The highest BCUT2D eigenvalue weighted by molar-refractivity contribution is 9.10. The van der Waals surface area contributed by atoms with E-state index in [4.69, 9.17) is 0 Å². The Balaban J connectivity index is 2.08. The molecule has 2 aromatic carbocycles. The Morgan fingerprint density at radius 2 is 1.68 bits per heavy atom. The summed E-state index contributed by atoms with van der Waals surface area (Å²) in [7, 11) is 0. The number of anilines is 2. The van der Waals surface area contributed by atoms with E-state index < -0.39 is 0 Å². The van der Waals surface area contributed by atoms with Crippen LogP contribution in [0.5, 0.6) is 0 Å². The number of carbonyl (C=O) groups excluding carboxylic acids is 1. The molecule has 0 saturated carbocycles. The van der Waals surface area contributed by atoms with Gasteiger partial charge in [-0.2, -0.15) is 0 Å². The zero-order chi connectivity index (χ0) is 13.8. The number of halogens is 1. The SMILES string of the molecule is Cc1ccc(NC(=O)Nc2ccccc2Br)c(C)c1. The molecule has 0 saturated heterocycles. The summed E-state index contributed by atoms with van der Waals surface area (Å²) in [4.78, 5) is 11.9. The summed E-state index contributed by atoms with van der Waals surface area (Å²) in [6.45, 7) is 4.00. The summed E-state index contributed by atoms with van der Waals surface area (Å²) in [5.41, 5.74) is 3.77. The maximum atomic E-state index is 11.9. The summed E-state index contributed by atoms with van der Waals surface area (Å²) >= 11 is 3.39. The summed E-state index contributed by atoms with van der Waals surface area (Å²) in [5.74, 6) is 0. The highest BCUT2D eigenvalue weighted by Crippen LogP contribution is 2.22. The van der Waals surface area contributed by atoms with Gasteiger partial charge in [-0.1, -0.05) is 29.8 Å². The van der Waals surface area contributed by atoms with Crippen LogP contribution in [0.4, 0.5) is 16.2 Å². The van der Waals surface area contributed by atoms with Crippen molar-refractivity contribution >= 4 is 33.3 Å². The number of carbonyl (C=O) groups is 1. The molecule has 2 N–H and O–H groups in total. The van der Waals surface area contributed by atoms with Crippen LogP contribution < -0.4 is 10.6 Å². The summed E-state index contributed by atoms with van der Waals surface area (Å²) in [6.07, 6.45) is 0. The standard InChI is InChI=1S/C15H15BrN2O/c1-10-7-8-13(11(2)9-10)17-15(19)18-14-6-4-3-5-12(14)16/h3-9H,1-2H3,(H2,17,18,19). The van der Waals surface area contributed by atoms with Crippen molar-refractivity contribution in [3.63, 3.8) is 0 Å². The Labute approximate surface area is 121 Å². The van der Waals surface area contributed by atoms with Gasteiger partial charge in [0.25, 0.3) is 0 Å². The zero-order valence-corrected chi connectivity index (χ0v) is 12.4. The number of amides is 2. The Hall–Kier alpha value is -1.81. The molecule has 0 aliphatic carbocycles. The van der Waals surface area contributed by atoms with E-state index in [0.29, 0.717) is 0 Å². The fourth-order valence-corrected chi connectivity index (χ4v) is 2.18. The molecule has 0 bridgehead atoms. The van der Waals surface area contributed by atoms with Crippen molar-refractivity contribution in [2.45, 2.75) is 13.8 Å². The van der Waals surface area contributed by atoms with Gasteiger partial charge >= 0.3 is 6.03 Å². The van der Waals surface area contributed by atoms with Crippen molar-refractivity contribution in [2.24, 2.45) is 0 Å². The molecule has 0 aromatic heterocycles. The van der Waals surface area contributed by atoms with Crippen LogP contribution in [-0.2, 0) is 0 Å². The molecule has 98 valence electrons. The summed E-state index contributed by atoms with van der Waals surface area (Å²) in [6, 6.07) is 13.2. The first kappa shape index (κ1) is 13.6. The van der Waals surface area contributed by atoms with Gasteiger partial charge in [0.2, 0.25) is 0 Å². The molecule has 0 atom stereocenters. The molecule has 0 unspecified atom stereocenters. The monoisotopic (exact) mass is 318 g/mol. The first-order valence-electron chi connectivity index (χ1n) is 5.96. The number of hydrogen-bond donors (Lipinski definition) is 2. The van der Waals surface area contributed by atoms with E-state index in [1.807, 2.05) is 56.3 Å². The van der Waals surface area contributed by atoms with E-state index in [0.717, 1.165) is 21.4 Å². The van der Waals surface area contributed by atoms with E-state index in [1.165, 1.54) is 5.56 Å². The van der Waals surface area contributed by atoms with Crippen LogP contribution in [0, 0.1) is 13.8 Å². The third kappa shape index (κ3) is 3.58. The molecule has 0 aliphatic heterocycles. The number of hydrogen-bond acceptors (Lipinski definition) is 1. The number of rotatable bonds is 2. The van der Waals surface area contributed by atoms with Crippen molar-refractivity contribution in [1.82, 2.24) is 0 Å². The van der Waals surface area contributed by atoms with Crippen LogP contribution in [0.2, 0.25) is 0 Å². The topological polar surface area (TPSA) is 41.1 Å². The molecule has 0 fully saturated rings. The average Bonchev–Trinajstić information content (AvgIpc) is 2.36. The minimum atomic E-state index is -0.251. The fourth-order valence-electron chi connectivity index (χ4n) is 1.79. The van der Waals surface area contributed by atoms with E-state index in [1.54, 1.807) is 0 Å². The first-order chi connectivity index (χ1) is 9.06. The quantitative estimate of drug-likeness (QED) is 0.827. The minimum absolute atomic E-state index is 0.251. The van der Waals surface area contributed by atoms with Gasteiger partial charge < -0.3 is 10.6 Å². The molecule has 0 spiro atoms. The van der Waals surface area contributed by atoms with Crippen molar-refractivity contribution in [3.05, 3.63) is 58.1 Å². The molecule has 4 heteroatoms. The van der Waals surface area contributed by atoms with Crippen LogP contribution in [0.1, 0.15) is 11.1 Å². The second-order valence-electron chi connectivity index (χ2n) is 4.38. The first-order valence-corrected chi connectivity index (χ1v) is 6.75. The minimum Gasteiger partial charge on any atom is -0.307 e. The predicted molar refractivity (Wildman–Crippen MR) is 82.7 cm³/mol. The molecular formula is C15H15BrN2O. The number of benzene rings is 2. The summed E-state index contributed by atoms with van der Waals surface area (Å²) < 4.78 is 0.853. The van der Waals surface area contributed by atoms with Gasteiger partial charge in [-0.3, -0.25) is 0 Å². The van der Waals surface area contributed by atoms with Crippen molar-refractivity contribution < 1.29 is 4.79 Å². The molecule has 2 rings (SSSR count). The van der Waals surface area contributed by atoms with Crippen molar-refractivity contribution in [1.29, 1.82) is 0 Å². The molecule has 0 radical (unpaired) electrons. The van der Waals surface area contributed by atoms with E-state index in [9.17, 15) is 4.79 Å². The van der Waals surface area contributed by atoms with Crippen LogP contribution in [0.15, 0.2) is 46.9 Å². The number of aryl methyl sites for hydroxylation is 2. The third-order valence-electron chi connectivity index (χ3n) is 2.75. The lowest BCUT2D eigenvalue weighted by atomic mass is 10.1. The largest absolute Gasteiger partial charge is 0.323 e. The van der Waals surface area contributed by atoms with Crippen LogP contribution in [0.25, 0.3) is 0 Å². The molecule has 19 heavy (non-hydrogen) atoms. The lowest BCUT2D eigenvalue weighted by Gasteiger charge is -2.11. The third-order valence-corrected chi connectivity index (χ3v) is 3.44. The van der Waals surface area contributed by atoms with E-state index >= 15 is 0 Å². The van der Waals surface area contributed by atoms with Crippen LogP contribution >= 0.6 is 15.9 Å². The van der Waals surface area contributed by atoms with Crippen LogP contribution in [0.3, 0.4) is 0 Å². The molecule has 0 heterocycles. The second-order valence-corrected chi connectivity index (χ2v) is 5.23. The zero-order valence-electron chi connectivity index (χ0n) is 10.8. The Bertz CT molecular complexity index is 611. The van der Waals surface area contributed by atoms with Gasteiger partial charge in [0.15, 0.2) is 0 Å². The van der Waals surface area contributed by atoms with Gasteiger partial charge in [0.05, 0.1) is 5.69 Å². The molecule has 2 amide bonds. The lowest BCUT2D eigenvalue weighted by Crippen LogP contribution is -2.20. The Kier molecular flexibility index (Phi) is 4.22. The number of para-hydroxylation sites is 1. The Morgan fingerprint density at radius 3 is 2.37 bits per heavy atom. The van der Waals surface area contributed by atoms with Crippen molar-refractivity contribution in [2.75, 3.05) is 10.6 Å². The maximum Gasteiger partial charge on any atom is 0.323 e. The lowest BCUT2D eigenvalue weighted by molar-refractivity contribution is 0.262. The summed E-state index contributed by atoms with van der Waals surface area (Å²) in [5, 5.41) is 5.65. The number of nitrogens with one attached hydrogen (secondary N) is 2. The van der Waals surface area contributed by atoms with Gasteiger partial charge in [0, 0.05) is 10.2 Å². The second kappa shape index (κ2) is 5.89. The molecule has 0 aliphatic rings. The van der Waals surface area contributed by atoms with Crippen molar-refractivity contribution in [3.8, 4) is 0 Å². The fraction of sp³-hybridized carbons (Fsp3) is 0.133. The normalized spacial score (nSPS) is 10.1. The smallest absolute Gasteiger partial charge is 0.307 e. The van der Waals surface area contributed by atoms with E-state index in [-0.39, 0.29) is 6.03 Å². The molecule has 2 aromatic rings. The predicted octanol–water partition coefficient (Wildman–Crippen LogP) is 4.71. The Morgan fingerprint density at radius 1 is 1.00 bits per heavy atom. The van der Waals surface area contributed by atoms with Gasteiger partial charge in [-0.25, -0.2) is 4.79 Å². The van der Waals surface area contributed by atoms with Gasteiger partial charge in [0.1, 0.15) is 0 Å². The highest BCUT2D eigenvalue weighted by Gasteiger charge is 2.06. The molecule has 3 nitrogen and oxygen atoms in total. The van der Waals surface area contributed by atoms with Crippen LogP contribution in [-0.4, -0.2) is 6.03 Å². The molecular weight excluding hydrogens is 304 g/mol.